The predicted molar refractivity (Wildman–Crippen MR) is 144 cm³/mol. The second-order valence-corrected chi connectivity index (χ2v) is 10.0. The third-order valence-corrected chi connectivity index (χ3v) is 6.52. The Hall–Kier alpha value is -3.12. The molecule has 0 N–H and O–H groups in total. The maximum atomic E-state index is 12.0. The topological polar surface area (TPSA) is 54.0 Å². The van der Waals surface area contributed by atoms with Gasteiger partial charge in [0.15, 0.2) is 5.60 Å². The van der Waals surface area contributed by atoms with E-state index in [4.69, 9.17) is 18.9 Å². The first kappa shape index (κ1) is 27.5. The lowest BCUT2D eigenvalue weighted by Gasteiger charge is -2.24. The van der Waals surface area contributed by atoms with Crippen LogP contribution in [0.1, 0.15) is 46.6 Å². The standard InChI is InChI=1S/C30H36O5S/c1-6-23-13-18-27(28(21-23)36-26-11-9-8-10-12-26)34-22(3)19-20-33-24-14-16-25(17-15-24)35-30(4,5)29(31)32-7-2/h8-18,21-22H,6-7,19-20H2,1-5H3/t22-/m0/s1. The maximum Gasteiger partial charge on any atom is 0.349 e. The minimum Gasteiger partial charge on any atom is -0.493 e. The van der Waals surface area contributed by atoms with Crippen molar-refractivity contribution in [1.29, 1.82) is 0 Å². The van der Waals surface area contributed by atoms with Crippen molar-refractivity contribution in [2.75, 3.05) is 13.2 Å². The molecule has 0 amide bonds. The van der Waals surface area contributed by atoms with Crippen LogP contribution < -0.4 is 14.2 Å². The van der Waals surface area contributed by atoms with Gasteiger partial charge in [0.2, 0.25) is 0 Å². The summed E-state index contributed by atoms with van der Waals surface area (Å²) in [4.78, 5) is 14.3. The third kappa shape index (κ3) is 8.23. The van der Waals surface area contributed by atoms with Gasteiger partial charge in [-0.25, -0.2) is 4.79 Å². The molecule has 0 aliphatic rings. The van der Waals surface area contributed by atoms with Crippen molar-refractivity contribution in [1.82, 2.24) is 0 Å². The summed E-state index contributed by atoms with van der Waals surface area (Å²) in [6.07, 6.45) is 1.70. The van der Waals surface area contributed by atoms with Crippen molar-refractivity contribution in [2.45, 2.75) is 69.0 Å². The molecule has 0 spiro atoms. The average Bonchev–Trinajstić information content (AvgIpc) is 2.86. The summed E-state index contributed by atoms with van der Waals surface area (Å²) in [7, 11) is 0. The van der Waals surface area contributed by atoms with Gasteiger partial charge in [-0.05, 0) is 88.2 Å². The summed E-state index contributed by atoms with van der Waals surface area (Å²) in [5.41, 5.74) is 0.229. The molecule has 0 radical (unpaired) electrons. The second-order valence-electron chi connectivity index (χ2n) is 8.92. The van der Waals surface area contributed by atoms with Gasteiger partial charge in [-0.3, -0.25) is 0 Å². The monoisotopic (exact) mass is 508 g/mol. The molecule has 0 saturated heterocycles. The van der Waals surface area contributed by atoms with Gasteiger partial charge < -0.3 is 18.9 Å². The van der Waals surface area contributed by atoms with E-state index >= 15 is 0 Å². The molecule has 3 rings (SSSR count). The van der Waals surface area contributed by atoms with Crippen molar-refractivity contribution in [3.05, 3.63) is 78.4 Å². The molecule has 3 aromatic carbocycles. The molecule has 5 nitrogen and oxygen atoms in total. The van der Waals surface area contributed by atoms with E-state index in [0.717, 1.165) is 29.2 Å². The lowest BCUT2D eigenvalue weighted by atomic mass is 10.1. The molecule has 1 atom stereocenters. The zero-order valence-corrected chi connectivity index (χ0v) is 22.6. The van der Waals surface area contributed by atoms with E-state index in [0.29, 0.717) is 19.0 Å². The largest absolute Gasteiger partial charge is 0.493 e. The molecule has 0 saturated carbocycles. The van der Waals surface area contributed by atoms with Crippen molar-refractivity contribution in [3.8, 4) is 17.2 Å². The molecule has 0 aromatic heterocycles. The van der Waals surface area contributed by atoms with Crippen LogP contribution in [0.4, 0.5) is 0 Å². The quantitative estimate of drug-likeness (QED) is 0.225. The van der Waals surface area contributed by atoms with E-state index in [9.17, 15) is 4.79 Å². The number of rotatable bonds is 13. The molecule has 0 fully saturated rings. The maximum absolute atomic E-state index is 12.0. The van der Waals surface area contributed by atoms with Gasteiger partial charge >= 0.3 is 5.97 Å². The van der Waals surface area contributed by atoms with E-state index < -0.39 is 11.6 Å². The van der Waals surface area contributed by atoms with Crippen molar-refractivity contribution >= 4 is 17.7 Å². The fourth-order valence-electron chi connectivity index (χ4n) is 3.43. The van der Waals surface area contributed by atoms with Crippen LogP contribution in [0, 0.1) is 0 Å². The summed E-state index contributed by atoms with van der Waals surface area (Å²) in [6, 6.07) is 24.0. The number of hydrogen-bond donors (Lipinski definition) is 0. The van der Waals surface area contributed by atoms with Gasteiger partial charge in [-0.1, -0.05) is 43.0 Å². The summed E-state index contributed by atoms with van der Waals surface area (Å²) < 4.78 is 23.1. The molecular formula is C30H36O5S. The van der Waals surface area contributed by atoms with Crippen LogP contribution in [-0.4, -0.2) is 30.9 Å². The number of ether oxygens (including phenoxy) is 4. The van der Waals surface area contributed by atoms with Crippen LogP contribution in [0.25, 0.3) is 0 Å². The summed E-state index contributed by atoms with van der Waals surface area (Å²) in [5, 5.41) is 0. The highest BCUT2D eigenvalue weighted by Gasteiger charge is 2.31. The lowest BCUT2D eigenvalue weighted by Crippen LogP contribution is -2.39. The van der Waals surface area contributed by atoms with Gasteiger partial charge in [0.05, 0.1) is 24.2 Å². The number of benzene rings is 3. The molecule has 3 aromatic rings. The summed E-state index contributed by atoms with van der Waals surface area (Å²) in [6.45, 7) is 10.2. The third-order valence-electron chi connectivity index (χ3n) is 5.47. The van der Waals surface area contributed by atoms with Crippen LogP contribution in [-0.2, 0) is 16.0 Å². The first-order valence-corrected chi connectivity index (χ1v) is 13.2. The summed E-state index contributed by atoms with van der Waals surface area (Å²) >= 11 is 1.72. The van der Waals surface area contributed by atoms with Crippen LogP contribution >= 0.6 is 11.8 Å². The Kier molecular flexibility index (Phi) is 10.1. The van der Waals surface area contributed by atoms with Crippen molar-refractivity contribution in [2.24, 2.45) is 0 Å². The fraction of sp³-hybridized carbons (Fsp3) is 0.367. The van der Waals surface area contributed by atoms with Gasteiger partial charge in [-0.15, -0.1) is 0 Å². The minimum absolute atomic E-state index is 0.0133. The van der Waals surface area contributed by atoms with Crippen molar-refractivity contribution in [3.63, 3.8) is 0 Å². The zero-order chi connectivity index (χ0) is 26.0. The SMILES string of the molecule is CCOC(=O)C(C)(C)Oc1ccc(OCC[C@H](C)Oc2ccc(CC)cc2Sc2ccccc2)cc1. The number of carbonyl (C=O) groups excluding carboxylic acids is 1. The van der Waals surface area contributed by atoms with Crippen molar-refractivity contribution < 1.29 is 23.7 Å². The Morgan fingerprint density at radius 1 is 0.944 bits per heavy atom. The Morgan fingerprint density at radius 2 is 1.64 bits per heavy atom. The number of hydrogen-bond acceptors (Lipinski definition) is 6. The first-order valence-electron chi connectivity index (χ1n) is 12.4. The summed E-state index contributed by atoms with van der Waals surface area (Å²) in [5.74, 6) is 1.81. The molecule has 0 heterocycles. The van der Waals surface area contributed by atoms with Gasteiger partial charge in [0.1, 0.15) is 17.2 Å². The Balaban J connectivity index is 1.52. The molecule has 0 aliphatic heterocycles. The normalized spacial score (nSPS) is 12.0. The van der Waals surface area contributed by atoms with E-state index in [2.05, 4.69) is 44.2 Å². The smallest absolute Gasteiger partial charge is 0.349 e. The zero-order valence-electron chi connectivity index (χ0n) is 21.8. The molecule has 6 heteroatoms. The molecular weight excluding hydrogens is 472 g/mol. The highest BCUT2D eigenvalue weighted by molar-refractivity contribution is 7.99. The molecule has 0 bridgehead atoms. The van der Waals surface area contributed by atoms with Gasteiger partial charge in [-0.2, -0.15) is 0 Å². The van der Waals surface area contributed by atoms with Crippen LogP contribution in [0.2, 0.25) is 0 Å². The lowest BCUT2D eigenvalue weighted by molar-refractivity contribution is -0.158. The highest BCUT2D eigenvalue weighted by atomic mass is 32.2. The molecule has 0 aliphatic carbocycles. The highest BCUT2D eigenvalue weighted by Crippen LogP contribution is 2.36. The average molecular weight is 509 g/mol. The predicted octanol–water partition coefficient (Wildman–Crippen LogP) is 7.36. The van der Waals surface area contributed by atoms with Gasteiger partial charge in [0, 0.05) is 11.3 Å². The van der Waals surface area contributed by atoms with E-state index in [-0.39, 0.29) is 6.10 Å². The van der Waals surface area contributed by atoms with E-state index in [1.807, 2.05) is 30.3 Å². The fourth-order valence-corrected chi connectivity index (χ4v) is 4.40. The van der Waals surface area contributed by atoms with Crippen LogP contribution in [0.15, 0.2) is 82.6 Å². The molecule has 0 unspecified atom stereocenters. The first-order chi connectivity index (χ1) is 17.3. The Labute approximate surface area is 219 Å². The van der Waals surface area contributed by atoms with E-state index in [1.165, 1.54) is 10.5 Å². The molecule has 36 heavy (non-hydrogen) atoms. The van der Waals surface area contributed by atoms with Crippen LogP contribution in [0.3, 0.4) is 0 Å². The van der Waals surface area contributed by atoms with E-state index in [1.54, 1.807) is 44.7 Å². The Bertz CT molecular complexity index is 1100. The molecule has 192 valence electrons. The number of aryl methyl sites for hydroxylation is 1. The number of esters is 1. The minimum atomic E-state index is -1.06. The van der Waals surface area contributed by atoms with Gasteiger partial charge in [0.25, 0.3) is 0 Å². The van der Waals surface area contributed by atoms with Crippen LogP contribution in [0.5, 0.6) is 17.2 Å². The Morgan fingerprint density at radius 3 is 2.31 bits per heavy atom. The number of carbonyl (C=O) groups is 1. The second kappa shape index (κ2) is 13.3.